The maximum atomic E-state index is 11.9. The highest BCUT2D eigenvalue weighted by Gasteiger charge is 2.10. The second kappa shape index (κ2) is 6.46. The molecule has 0 unspecified atom stereocenters. The largest absolute Gasteiger partial charge is 0.480 e. The highest BCUT2D eigenvalue weighted by atomic mass is 127. The van der Waals surface area contributed by atoms with Crippen LogP contribution >= 0.6 is 22.6 Å². The zero-order chi connectivity index (χ0) is 13.7. The van der Waals surface area contributed by atoms with E-state index < -0.39 is 0 Å². The molecule has 2 rings (SSSR count). The third-order valence-corrected chi connectivity index (χ3v) is 2.95. The second-order valence-electron chi connectivity index (χ2n) is 3.70. The molecule has 0 aliphatic heterocycles. The van der Waals surface area contributed by atoms with E-state index in [0.29, 0.717) is 17.1 Å². The Morgan fingerprint density at radius 2 is 2.11 bits per heavy atom. The van der Waals surface area contributed by atoms with Crippen LogP contribution in [0.25, 0.3) is 0 Å². The molecule has 0 atom stereocenters. The van der Waals surface area contributed by atoms with Crippen molar-refractivity contribution in [3.63, 3.8) is 0 Å². The van der Waals surface area contributed by atoms with Gasteiger partial charge >= 0.3 is 0 Å². The molecule has 1 aromatic heterocycles. The minimum atomic E-state index is -0.150. The Kier molecular flexibility index (Phi) is 4.67. The number of aromatic nitrogens is 2. The minimum absolute atomic E-state index is 0.150. The van der Waals surface area contributed by atoms with Crippen molar-refractivity contribution in [2.24, 2.45) is 0 Å². The Morgan fingerprint density at radius 3 is 2.79 bits per heavy atom. The van der Waals surface area contributed by atoms with Crippen molar-refractivity contribution in [1.82, 2.24) is 15.3 Å². The lowest BCUT2D eigenvalue weighted by Crippen LogP contribution is -2.23. The first kappa shape index (κ1) is 13.7. The number of halogens is 1. The molecule has 98 valence electrons. The van der Waals surface area contributed by atoms with Gasteiger partial charge in [-0.25, -0.2) is 4.98 Å². The first-order valence-corrected chi connectivity index (χ1v) is 6.67. The lowest BCUT2D eigenvalue weighted by molar-refractivity contribution is 0.0950. The Labute approximate surface area is 124 Å². The fourth-order valence-electron chi connectivity index (χ4n) is 1.52. The maximum Gasteiger partial charge on any atom is 0.251 e. The number of hydrogen-bond donors (Lipinski definition) is 1. The number of nitrogens with zero attached hydrogens (tertiary/aromatic N) is 2. The first-order chi connectivity index (χ1) is 9.20. The lowest BCUT2D eigenvalue weighted by Gasteiger charge is -2.08. The second-order valence-corrected chi connectivity index (χ2v) is 4.80. The molecule has 1 aromatic carbocycles. The van der Waals surface area contributed by atoms with Crippen molar-refractivity contribution in [3.05, 3.63) is 51.5 Å². The summed E-state index contributed by atoms with van der Waals surface area (Å²) in [5.41, 5.74) is 1.21. The summed E-state index contributed by atoms with van der Waals surface area (Å²) in [7, 11) is 1.53. The number of rotatable bonds is 4. The van der Waals surface area contributed by atoms with E-state index in [1.807, 2.05) is 18.2 Å². The number of methoxy groups -OCH3 is 1. The van der Waals surface area contributed by atoms with E-state index in [1.165, 1.54) is 7.11 Å². The number of amides is 1. The highest BCUT2D eigenvalue weighted by Crippen LogP contribution is 2.13. The number of carbonyl (C=O) groups excluding carboxylic acids is 1. The van der Waals surface area contributed by atoms with E-state index in [4.69, 9.17) is 4.74 Å². The molecule has 0 spiro atoms. The average molecular weight is 369 g/mol. The van der Waals surface area contributed by atoms with Gasteiger partial charge in [0.2, 0.25) is 5.88 Å². The van der Waals surface area contributed by atoms with Crippen LogP contribution in [0.15, 0.2) is 36.5 Å². The molecule has 2 aromatic rings. The molecule has 1 amide bonds. The third kappa shape index (κ3) is 3.63. The number of benzene rings is 1. The summed E-state index contributed by atoms with van der Waals surface area (Å²) in [5.74, 6) is 0.281. The van der Waals surface area contributed by atoms with E-state index in [-0.39, 0.29) is 12.5 Å². The van der Waals surface area contributed by atoms with Crippen molar-refractivity contribution in [1.29, 1.82) is 0 Å². The van der Waals surface area contributed by atoms with Crippen molar-refractivity contribution in [2.45, 2.75) is 6.54 Å². The molecular formula is C13H12IN3O2. The monoisotopic (exact) mass is 369 g/mol. The van der Waals surface area contributed by atoms with E-state index in [9.17, 15) is 4.79 Å². The fraction of sp³-hybridized carbons (Fsp3) is 0.154. The van der Waals surface area contributed by atoms with Crippen LogP contribution in [-0.2, 0) is 6.54 Å². The number of ether oxygens (including phenoxy) is 1. The van der Waals surface area contributed by atoms with Gasteiger partial charge in [0.05, 0.1) is 19.9 Å². The van der Waals surface area contributed by atoms with E-state index in [1.54, 1.807) is 18.3 Å². The van der Waals surface area contributed by atoms with Crippen LogP contribution in [0.1, 0.15) is 16.1 Å². The number of nitrogens with one attached hydrogen (secondary N) is 1. The predicted octanol–water partition coefficient (Wildman–Crippen LogP) is 2.02. The Morgan fingerprint density at radius 1 is 1.37 bits per heavy atom. The summed E-state index contributed by atoms with van der Waals surface area (Å²) in [6.45, 7) is 0.279. The molecule has 0 radical (unpaired) electrons. The molecule has 0 fully saturated rings. The van der Waals surface area contributed by atoms with Gasteiger partial charge < -0.3 is 10.1 Å². The van der Waals surface area contributed by atoms with Crippen molar-refractivity contribution >= 4 is 28.5 Å². The minimum Gasteiger partial charge on any atom is -0.480 e. The molecule has 5 nitrogen and oxygen atoms in total. The van der Waals surface area contributed by atoms with Crippen molar-refractivity contribution in [2.75, 3.05) is 7.11 Å². The molecule has 19 heavy (non-hydrogen) atoms. The van der Waals surface area contributed by atoms with E-state index in [0.717, 1.165) is 3.70 Å². The van der Waals surface area contributed by atoms with Crippen LogP contribution in [0.2, 0.25) is 0 Å². The summed E-state index contributed by atoms with van der Waals surface area (Å²) >= 11 is 2.06. The summed E-state index contributed by atoms with van der Waals surface area (Å²) in [6, 6.07) is 9.02. The SMILES string of the molecule is COc1nc(I)cnc1CNC(=O)c1ccccc1. The molecule has 0 saturated carbocycles. The van der Waals surface area contributed by atoms with E-state index >= 15 is 0 Å². The van der Waals surface area contributed by atoms with Crippen molar-refractivity contribution in [3.8, 4) is 5.88 Å². The van der Waals surface area contributed by atoms with Crippen LogP contribution in [0.4, 0.5) is 0 Å². The zero-order valence-corrected chi connectivity index (χ0v) is 12.4. The van der Waals surface area contributed by atoms with Crippen LogP contribution < -0.4 is 10.1 Å². The molecular weight excluding hydrogens is 357 g/mol. The van der Waals surface area contributed by atoms with E-state index in [2.05, 4.69) is 37.9 Å². The zero-order valence-electron chi connectivity index (χ0n) is 10.3. The molecule has 0 aliphatic rings. The van der Waals surface area contributed by atoms with Gasteiger partial charge in [0.1, 0.15) is 9.39 Å². The highest BCUT2D eigenvalue weighted by molar-refractivity contribution is 14.1. The smallest absolute Gasteiger partial charge is 0.251 e. The van der Waals surface area contributed by atoms with Gasteiger partial charge in [-0.05, 0) is 34.7 Å². The van der Waals surface area contributed by atoms with Gasteiger partial charge in [0, 0.05) is 5.56 Å². The topological polar surface area (TPSA) is 64.1 Å². The molecule has 1 N–H and O–H groups in total. The summed E-state index contributed by atoms with van der Waals surface area (Å²) in [4.78, 5) is 20.3. The Balaban J connectivity index is 2.05. The molecule has 1 heterocycles. The number of hydrogen-bond acceptors (Lipinski definition) is 4. The Bertz CT molecular complexity index is 575. The molecule has 6 heteroatoms. The number of carbonyl (C=O) groups is 1. The Hall–Kier alpha value is -1.70. The summed E-state index contributed by atoms with van der Waals surface area (Å²) in [5, 5.41) is 2.79. The van der Waals surface area contributed by atoms with Gasteiger partial charge in [-0.15, -0.1) is 0 Å². The van der Waals surface area contributed by atoms with Gasteiger partial charge in [0.25, 0.3) is 5.91 Å². The van der Waals surface area contributed by atoms with Crippen LogP contribution in [-0.4, -0.2) is 23.0 Å². The summed E-state index contributed by atoms with van der Waals surface area (Å²) in [6.07, 6.45) is 1.63. The summed E-state index contributed by atoms with van der Waals surface area (Å²) < 4.78 is 5.88. The van der Waals surface area contributed by atoms with Crippen LogP contribution in [0.3, 0.4) is 0 Å². The molecule has 0 saturated heterocycles. The first-order valence-electron chi connectivity index (χ1n) is 5.59. The van der Waals surface area contributed by atoms with Gasteiger partial charge in [0.15, 0.2) is 0 Å². The normalized spacial score (nSPS) is 10.0. The van der Waals surface area contributed by atoms with Crippen LogP contribution in [0, 0.1) is 3.70 Å². The van der Waals surface area contributed by atoms with Crippen LogP contribution in [0.5, 0.6) is 5.88 Å². The quantitative estimate of drug-likeness (QED) is 0.838. The maximum absolute atomic E-state index is 11.9. The fourth-order valence-corrected chi connectivity index (χ4v) is 1.88. The standard InChI is InChI=1S/C13H12IN3O2/c1-19-13-10(15-8-11(14)17-13)7-16-12(18)9-5-3-2-4-6-9/h2-6,8H,7H2,1H3,(H,16,18). The third-order valence-electron chi connectivity index (χ3n) is 2.43. The van der Waals surface area contributed by atoms with Gasteiger partial charge in [-0.3, -0.25) is 9.78 Å². The average Bonchev–Trinajstić information content (AvgIpc) is 2.46. The molecule has 0 bridgehead atoms. The molecule has 0 aliphatic carbocycles. The lowest BCUT2D eigenvalue weighted by atomic mass is 10.2. The van der Waals surface area contributed by atoms with Gasteiger partial charge in [-0.1, -0.05) is 18.2 Å². The predicted molar refractivity (Wildman–Crippen MR) is 78.9 cm³/mol. The van der Waals surface area contributed by atoms with Gasteiger partial charge in [-0.2, -0.15) is 0 Å². The van der Waals surface area contributed by atoms with Crippen molar-refractivity contribution < 1.29 is 9.53 Å².